The summed E-state index contributed by atoms with van der Waals surface area (Å²) in [5.74, 6) is 0.845. The molecule has 2 aromatic rings. The lowest BCUT2D eigenvalue weighted by atomic mass is 10.1. The normalized spacial score (nSPS) is 21.8. The van der Waals surface area contributed by atoms with E-state index in [4.69, 9.17) is 9.47 Å². The van der Waals surface area contributed by atoms with Gasteiger partial charge in [0.25, 0.3) is 0 Å². The zero-order valence-electron chi connectivity index (χ0n) is 16.8. The summed E-state index contributed by atoms with van der Waals surface area (Å²) in [5, 5.41) is 4.44. The van der Waals surface area contributed by atoms with E-state index in [2.05, 4.69) is 23.8 Å². The third kappa shape index (κ3) is 3.58. The number of hydrogen-bond acceptors (Lipinski definition) is 5. The monoisotopic (exact) mass is 384 g/mol. The minimum Gasteiger partial charge on any atom is -0.497 e. The molecular weight excluding hydrogens is 356 g/mol. The van der Waals surface area contributed by atoms with Gasteiger partial charge in [0.05, 0.1) is 19.3 Å². The number of aryl methyl sites for hydroxylation is 1. The van der Waals surface area contributed by atoms with Crippen LogP contribution in [0.4, 0.5) is 4.79 Å². The molecule has 0 N–H and O–H groups in total. The minimum atomic E-state index is -0.182. The molecule has 28 heavy (non-hydrogen) atoms. The van der Waals surface area contributed by atoms with Crippen LogP contribution in [-0.2, 0) is 24.2 Å². The van der Waals surface area contributed by atoms with Crippen molar-refractivity contribution in [2.24, 2.45) is 0 Å². The van der Waals surface area contributed by atoms with Crippen molar-refractivity contribution in [1.29, 1.82) is 0 Å². The number of amides is 1. The first kappa shape index (κ1) is 18.8. The number of fused-ring (bicyclic) bond motifs is 1. The van der Waals surface area contributed by atoms with E-state index in [9.17, 15) is 4.79 Å². The van der Waals surface area contributed by atoms with Gasteiger partial charge >= 0.3 is 6.09 Å². The summed E-state index contributed by atoms with van der Waals surface area (Å²) in [6.45, 7) is 8.25. The van der Waals surface area contributed by atoms with E-state index in [1.165, 1.54) is 16.8 Å². The van der Waals surface area contributed by atoms with E-state index in [-0.39, 0.29) is 18.2 Å². The van der Waals surface area contributed by atoms with Gasteiger partial charge < -0.3 is 9.47 Å². The Bertz CT molecular complexity index is 833. The lowest BCUT2D eigenvalue weighted by molar-refractivity contribution is 0.120. The summed E-state index contributed by atoms with van der Waals surface area (Å²) >= 11 is 0. The molecule has 7 nitrogen and oxygen atoms in total. The standard InChI is InChI=1S/C21H28N4O3/c1-4-25-15(2)17(11-22-25)12-23-13-19-20(14-23)28-21(26)24(19)10-9-16-5-7-18(27-3)8-6-16/h5-8,11,19-20H,4,9-10,12-14H2,1-3H3/t19-,20+/m0/s1. The Morgan fingerprint density at radius 2 is 2.04 bits per heavy atom. The van der Waals surface area contributed by atoms with Crippen LogP contribution >= 0.6 is 0 Å². The lowest BCUT2D eigenvalue weighted by Crippen LogP contribution is -2.39. The van der Waals surface area contributed by atoms with Crippen molar-refractivity contribution in [3.63, 3.8) is 0 Å². The van der Waals surface area contributed by atoms with Crippen molar-refractivity contribution < 1.29 is 14.3 Å². The molecule has 2 aliphatic rings. The maximum atomic E-state index is 12.3. The molecule has 7 heteroatoms. The van der Waals surface area contributed by atoms with Gasteiger partial charge in [0, 0.05) is 44.0 Å². The van der Waals surface area contributed by atoms with Crippen LogP contribution in [0.5, 0.6) is 5.75 Å². The second-order valence-corrected chi connectivity index (χ2v) is 7.55. The Morgan fingerprint density at radius 3 is 2.71 bits per heavy atom. The Hall–Kier alpha value is -2.54. The zero-order valence-corrected chi connectivity index (χ0v) is 16.8. The summed E-state index contributed by atoms with van der Waals surface area (Å²) in [6, 6.07) is 8.14. The van der Waals surface area contributed by atoms with Crippen molar-refractivity contribution in [2.45, 2.75) is 45.5 Å². The summed E-state index contributed by atoms with van der Waals surface area (Å²) in [7, 11) is 1.66. The van der Waals surface area contributed by atoms with Gasteiger partial charge in [-0.25, -0.2) is 4.79 Å². The van der Waals surface area contributed by atoms with Gasteiger partial charge in [0.1, 0.15) is 11.9 Å². The summed E-state index contributed by atoms with van der Waals surface area (Å²) in [4.78, 5) is 16.6. The number of aromatic nitrogens is 2. The highest BCUT2D eigenvalue weighted by Gasteiger charge is 2.47. The minimum absolute atomic E-state index is 0.0371. The molecule has 0 radical (unpaired) electrons. The van der Waals surface area contributed by atoms with Crippen LogP contribution in [0, 0.1) is 6.92 Å². The number of carbonyl (C=O) groups excluding carboxylic acids is 1. The van der Waals surface area contributed by atoms with Gasteiger partial charge in [-0.15, -0.1) is 0 Å². The quantitative estimate of drug-likeness (QED) is 0.734. The number of rotatable bonds is 7. The molecule has 2 aliphatic heterocycles. The number of hydrogen-bond donors (Lipinski definition) is 0. The van der Waals surface area contributed by atoms with Crippen molar-refractivity contribution in [3.05, 3.63) is 47.3 Å². The highest BCUT2D eigenvalue weighted by molar-refractivity contribution is 5.71. The van der Waals surface area contributed by atoms with Gasteiger partial charge in [0.2, 0.25) is 0 Å². The van der Waals surface area contributed by atoms with Crippen LogP contribution in [0.15, 0.2) is 30.5 Å². The van der Waals surface area contributed by atoms with Crippen molar-refractivity contribution in [3.8, 4) is 5.75 Å². The van der Waals surface area contributed by atoms with Crippen LogP contribution in [-0.4, -0.2) is 64.6 Å². The molecule has 1 aromatic heterocycles. The van der Waals surface area contributed by atoms with Crippen molar-refractivity contribution >= 4 is 6.09 Å². The summed E-state index contributed by atoms with van der Waals surface area (Å²) in [5.41, 5.74) is 3.65. The molecule has 1 aromatic carbocycles. The third-order valence-electron chi connectivity index (χ3n) is 5.90. The fourth-order valence-corrected chi connectivity index (χ4v) is 4.21. The van der Waals surface area contributed by atoms with Crippen LogP contribution in [0.25, 0.3) is 0 Å². The molecule has 0 saturated carbocycles. The van der Waals surface area contributed by atoms with E-state index in [1.807, 2.05) is 40.0 Å². The second kappa shape index (κ2) is 7.83. The molecular formula is C21H28N4O3. The van der Waals surface area contributed by atoms with Crippen LogP contribution in [0.3, 0.4) is 0 Å². The highest BCUT2D eigenvalue weighted by Crippen LogP contribution is 2.28. The van der Waals surface area contributed by atoms with Gasteiger partial charge in [0.15, 0.2) is 0 Å². The molecule has 4 rings (SSSR count). The fourth-order valence-electron chi connectivity index (χ4n) is 4.21. The fraction of sp³-hybridized carbons (Fsp3) is 0.524. The third-order valence-corrected chi connectivity index (χ3v) is 5.90. The average Bonchev–Trinajstić information content (AvgIpc) is 3.34. The van der Waals surface area contributed by atoms with Crippen LogP contribution < -0.4 is 4.74 Å². The number of carbonyl (C=O) groups is 1. The molecule has 2 fully saturated rings. The first-order chi connectivity index (χ1) is 13.6. The van der Waals surface area contributed by atoms with Gasteiger partial charge in [-0.2, -0.15) is 5.10 Å². The molecule has 0 bridgehead atoms. The predicted molar refractivity (Wildman–Crippen MR) is 105 cm³/mol. The first-order valence-corrected chi connectivity index (χ1v) is 9.93. The van der Waals surface area contributed by atoms with Gasteiger partial charge in [-0.1, -0.05) is 12.1 Å². The molecule has 0 aliphatic carbocycles. The molecule has 3 heterocycles. The Balaban J connectivity index is 1.36. The second-order valence-electron chi connectivity index (χ2n) is 7.55. The Kier molecular flexibility index (Phi) is 5.26. The lowest BCUT2D eigenvalue weighted by Gasteiger charge is -2.22. The maximum absolute atomic E-state index is 12.3. The van der Waals surface area contributed by atoms with E-state index >= 15 is 0 Å². The number of methoxy groups -OCH3 is 1. The summed E-state index contributed by atoms with van der Waals surface area (Å²) < 4.78 is 12.9. The summed E-state index contributed by atoms with van der Waals surface area (Å²) in [6.07, 6.45) is 2.55. The number of nitrogens with zero attached hydrogens (tertiary/aromatic N) is 4. The number of benzene rings is 1. The van der Waals surface area contributed by atoms with Crippen molar-refractivity contribution in [1.82, 2.24) is 19.6 Å². The van der Waals surface area contributed by atoms with Crippen LogP contribution in [0.2, 0.25) is 0 Å². The topological polar surface area (TPSA) is 59.8 Å². The smallest absolute Gasteiger partial charge is 0.410 e. The van der Waals surface area contributed by atoms with E-state index < -0.39 is 0 Å². The number of ether oxygens (including phenoxy) is 2. The Labute approximate surface area is 165 Å². The molecule has 0 unspecified atom stereocenters. The van der Waals surface area contributed by atoms with E-state index in [1.54, 1.807) is 7.11 Å². The molecule has 1 amide bonds. The highest BCUT2D eigenvalue weighted by atomic mass is 16.6. The van der Waals surface area contributed by atoms with E-state index in [0.29, 0.717) is 6.54 Å². The zero-order chi connectivity index (χ0) is 19.7. The largest absolute Gasteiger partial charge is 0.497 e. The maximum Gasteiger partial charge on any atom is 0.410 e. The predicted octanol–water partition coefficient (Wildman–Crippen LogP) is 2.47. The molecule has 2 atom stereocenters. The van der Waals surface area contributed by atoms with Crippen molar-refractivity contribution in [2.75, 3.05) is 26.7 Å². The average molecular weight is 384 g/mol. The Morgan fingerprint density at radius 1 is 1.25 bits per heavy atom. The van der Waals surface area contributed by atoms with Gasteiger partial charge in [-0.05, 0) is 38.0 Å². The molecule has 150 valence electrons. The van der Waals surface area contributed by atoms with Gasteiger partial charge in [-0.3, -0.25) is 14.5 Å². The van der Waals surface area contributed by atoms with Crippen LogP contribution in [0.1, 0.15) is 23.7 Å². The van der Waals surface area contributed by atoms with E-state index in [0.717, 1.165) is 38.3 Å². The SMILES string of the molecule is CCn1ncc(CN2C[C@H]3OC(=O)N(CCc4ccc(OC)cc4)[C@H]3C2)c1C. The molecule has 0 spiro atoms. The molecule has 2 saturated heterocycles. The number of likely N-dealkylation sites (tertiary alicyclic amines) is 1. The first-order valence-electron chi connectivity index (χ1n) is 9.93.